The van der Waals surface area contributed by atoms with Crippen LogP contribution in [0.3, 0.4) is 0 Å². The molecule has 0 aliphatic heterocycles. The SMILES string of the molecule is CC1(C)c2ccccc2-c2ccc(N(c3ccc(-c4ccccc4)cc3)c3cccc(-c4ccc(Br)c5c4C4c6ccccc6C5c5ccccc54)c3)cc21. The molecule has 0 unspecified atom stereocenters. The zero-order chi connectivity index (χ0) is 36.8. The number of anilines is 3. The monoisotopic (exact) mass is 767 g/mol. The van der Waals surface area contributed by atoms with Crippen LogP contribution in [0.25, 0.3) is 33.4 Å². The van der Waals surface area contributed by atoms with Crippen molar-refractivity contribution < 1.29 is 0 Å². The van der Waals surface area contributed by atoms with Gasteiger partial charge in [0.1, 0.15) is 0 Å². The molecule has 0 aromatic heterocycles. The molecule has 0 fully saturated rings. The summed E-state index contributed by atoms with van der Waals surface area (Å²) in [5, 5.41) is 0. The third-order valence-electron chi connectivity index (χ3n) is 12.5. The van der Waals surface area contributed by atoms with Crippen molar-refractivity contribution in [3.8, 4) is 33.4 Å². The second kappa shape index (κ2) is 12.3. The second-order valence-corrected chi connectivity index (χ2v) is 16.6. The topological polar surface area (TPSA) is 3.24 Å². The Bertz CT molecular complexity index is 2770. The van der Waals surface area contributed by atoms with E-state index in [1.165, 1.54) is 82.4 Å². The third-order valence-corrected chi connectivity index (χ3v) is 13.2. The minimum absolute atomic E-state index is 0.102. The Morgan fingerprint density at radius 3 is 1.64 bits per heavy atom. The number of nitrogens with zero attached hydrogens (tertiary/aromatic N) is 1. The van der Waals surface area contributed by atoms with Gasteiger partial charge in [-0.3, -0.25) is 0 Å². The van der Waals surface area contributed by atoms with Crippen LogP contribution in [-0.2, 0) is 5.41 Å². The number of halogens is 1. The quantitative estimate of drug-likeness (QED) is 0.169. The maximum absolute atomic E-state index is 4.05. The van der Waals surface area contributed by atoms with Crippen LogP contribution in [-0.4, -0.2) is 0 Å². The van der Waals surface area contributed by atoms with Crippen molar-refractivity contribution in [3.05, 3.63) is 231 Å². The van der Waals surface area contributed by atoms with E-state index in [9.17, 15) is 0 Å². The van der Waals surface area contributed by atoms with Gasteiger partial charge in [-0.05, 0) is 120 Å². The summed E-state index contributed by atoms with van der Waals surface area (Å²) in [6.07, 6.45) is 0. The van der Waals surface area contributed by atoms with Gasteiger partial charge in [0.25, 0.3) is 0 Å². The number of rotatable bonds is 5. The van der Waals surface area contributed by atoms with Gasteiger partial charge in [0.05, 0.1) is 0 Å². The minimum Gasteiger partial charge on any atom is -0.310 e. The van der Waals surface area contributed by atoms with Crippen LogP contribution in [0.15, 0.2) is 186 Å². The van der Waals surface area contributed by atoms with Gasteiger partial charge in [0.2, 0.25) is 0 Å². The Morgan fingerprint density at radius 2 is 0.927 bits per heavy atom. The van der Waals surface area contributed by atoms with Crippen molar-refractivity contribution in [1.82, 2.24) is 0 Å². The highest BCUT2D eigenvalue weighted by molar-refractivity contribution is 9.10. The Hall–Kier alpha value is -5.96. The normalized spacial score (nSPS) is 16.4. The molecule has 2 bridgehead atoms. The average molecular weight is 769 g/mol. The van der Waals surface area contributed by atoms with E-state index >= 15 is 0 Å². The van der Waals surface area contributed by atoms with E-state index in [4.69, 9.17) is 0 Å². The lowest BCUT2D eigenvalue weighted by molar-refractivity contribution is 0.660. The molecule has 0 spiro atoms. The van der Waals surface area contributed by atoms with E-state index in [2.05, 4.69) is 217 Å². The first-order valence-electron chi connectivity index (χ1n) is 19.3. The molecule has 0 saturated carbocycles. The summed E-state index contributed by atoms with van der Waals surface area (Å²) < 4.78 is 1.18. The molecule has 4 aliphatic carbocycles. The standard InChI is InChI=1S/C53H38BrN/c1-53(2)46-22-11-10-17-40(46)41-28-27-38(32-47(41)53)55(36-25-23-34(24-26-36)33-13-4-3-5-14-33)37-16-12-15-35(31-37)39-29-30-48(54)52-50-44-20-8-6-18-42(44)49(51(39)52)43-19-7-9-21-45(43)50/h3-32,49-50H,1-2H3. The Labute approximate surface area is 331 Å². The fourth-order valence-corrected chi connectivity index (χ4v) is 10.6. The van der Waals surface area contributed by atoms with Crippen molar-refractivity contribution >= 4 is 33.0 Å². The molecule has 8 aromatic rings. The zero-order valence-electron chi connectivity index (χ0n) is 30.8. The molecule has 0 N–H and O–H groups in total. The lowest BCUT2D eigenvalue weighted by Gasteiger charge is -2.43. The van der Waals surface area contributed by atoms with Gasteiger partial charge >= 0.3 is 0 Å². The van der Waals surface area contributed by atoms with Crippen LogP contribution >= 0.6 is 15.9 Å². The Kier molecular flexibility index (Phi) is 7.25. The fraction of sp³-hybridized carbons (Fsp3) is 0.0943. The predicted octanol–water partition coefficient (Wildman–Crippen LogP) is 14.5. The Balaban J connectivity index is 1.08. The van der Waals surface area contributed by atoms with Gasteiger partial charge < -0.3 is 4.90 Å². The molecule has 0 heterocycles. The first-order chi connectivity index (χ1) is 27.0. The van der Waals surface area contributed by atoms with Gasteiger partial charge in [0, 0.05) is 38.8 Å². The summed E-state index contributed by atoms with van der Waals surface area (Å²) in [4.78, 5) is 2.44. The summed E-state index contributed by atoms with van der Waals surface area (Å²) in [5.74, 6) is 0.370. The van der Waals surface area contributed by atoms with E-state index in [-0.39, 0.29) is 17.3 Å². The number of benzene rings is 8. The molecule has 4 aliphatic rings. The van der Waals surface area contributed by atoms with Gasteiger partial charge in [-0.1, -0.05) is 169 Å². The number of hydrogen-bond acceptors (Lipinski definition) is 1. The lowest BCUT2D eigenvalue weighted by Crippen LogP contribution is -2.28. The fourth-order valence-electron chi connectivity index (χ4n) is 10.0. The van der Waals surface area contributed by atoms with Crippen LogP contribution in [0.1, 0.15) is 70.2 Å². The first-order valence-corrected chi connectivity index (χ1v) is 20.1. The second-order valence-electron chi connectivity index (χ2n) is 15.7. The Morgan fingerprint density at radius 1 is 0.400 bits per heavy atom. The van der Waals surface area contributed by atoms with Crippen molar-refractivity contribution in [2.75, 3.05) is 4.90 Å². The molecule has 2 heteroatoms. The maximum Gasteiger partial charge on any atom is 0.0467 e. The van der Waals surface area contributed by atoms with Crippen molar-refractivity contribution in [3.63, 3.8) is 0 Å². The molecular formula is C53H38BrN. The molecule has 8 aromatic carbocycles. The van der Waals surface area contributed by atoms with Crippen LogP contribution in [0.4, 0.5) is 17.1 Å². The van der Waals surface area contributed by atoms with Gasteiger partial charge in [0.15, 0.2) is 0 Å². The zero-order valence-corrected chi connectivity index (χ0v) is 32.4. The lowest BCUT2D eigenvalue weighted by atomic mass is 9.60. The summed E-state index contributed by atoms with van der Waals surface area (Å²) >= 11 is 4.05. The van der Waals surface area contributed by atoms with Crippen LogP contribution < -0.4 is 4.90 Å². The number of hydrogen-bond donors (Lipinski definition) is 0. The van der Waals surface area contributed by atoms with Crippen LogP contribution in [0, 0.1) is 0 Å². The molecule has 1 nitrogen and oxygen atoms in total. The van der Waals surface area contributed by atoms with E-state index in [1.807, 2.05) is 0 Å². The van der Waals surface area contributed by atoms with Gasteiger partial charge in [-0.15, -0.1) is 0 Å². The first kappa shape index (κ1) is 32.5. The molecule has 0 atom stereocenters. The summed E-state index contributed by atoms with van der Waals surface area (Å²) in [6.45, 7) is 4.73. The third kappa shape index (κ3) is 4.84. The average Bonchev–Trinajstić information content (AvgIpc) is 3.47. The summed E-state index contributed by atoms with van der Waals surface area (Å²) in [5.41, 5.74) is 22.2. The number of fused-ring (bicyclic) bond motifs is 3. The molecule has 12 rings (SSSR count). The van der Waals surface area contributed by atoms with Gasteiger partial charge in [-0.2, -0.15) is 0 Å². The minimum atomic E-state index is -0.102. The molecular weight excluding hydrogens is 730 g/mol. The van der Waals surface area contributed by atoms with Gasteiger partial charge in [-0.25, -0.2) is 0 Å². The largest absolute Gasteiger partial charge is 0.310 e. The van der Waals surface area contributed by atoms with Crippen LogP contribution in [0.5, 0.6) is 0 Å². The van der Waals surface area contributed by atoms with E-state index in [1.54, 1.807) is 0 Å². The molecule has 262 valence electrons. The highest BCUT2D eigenvalue weighted by atomic mass is 79.9. The molecule has 0 saturated heterocycles. The molecule has 0 amide bonds. The van der Waals surface area contributed by atoms with E-state index in [0.29, 0.717) is 0 Å². The van der Waals surface area contributed by atoms with Crippen LogP contribution in [0.2, 0.25) is 0 Å². The van der Waals surface area contributed by atoms with Crippen molar-refractivity contribution in [2.45, 2.75) is 31.1 Å². The van der Waals surface area contributed by atoms with Crippen molar-refractivity contribution in [1.29, 1.82) is 0 Å². The summed E-state index contributed by atoms with van der Waals surface area (Å²) in [7, 11) is 0. The smallest absolute Gasteiger partial charge is 0.0467 e. The van der Waals surface area contributed by atoms with Crippen molar-refractivity contribution in [2.24, 2.45) is 0 Å². The highest BCUT2D eigenvalue weighted by Crippen LogP contribution is 2.59. The predicted molar refractivity (Wildman–Crippen MR) is 232 cm³/mol. The molecule has 55 heavy (non-hydrogen) atoms. The molecule has 0 radical (unpaired) electrons. The maximum atomic E-state index is 4.05. The summed E-state index contributed by atoms with van der Waals surface area (Å²) in [6, 6.07) is 67.7. The highest BCUT2D eigenvalue weighted by Gasteiger charge is 2.43. The van der Waals surface area contributed by atoms with E-state index < -0.39 is 0 Å². The van der Waals surface area contributed by atoms with E-state index in [0.717, 1.165) is 17.1 Å².